The van der Waals surface area contributed by atoms with Gasteiger partial charge in [-0.05, 0) is 49.7 Å². The molecule has 122 valence electrons. The molecule has 0 amide bonds. The molecule has 0 aliphatic heterocycles. The average Bonchev–Trinajstić information content (AvgIpc) is 2.50. The number of hydrogen-bond donors (Lipinski definition) is 1. The lowest BCUT2D eigenvalue weighted by Crippen LogP contribution is -2.29. The molecule has 5 heteroatoms. The zero-order chi connectivity index (χ0) is 16.8. The average molecular weight is 335 g/mol. The third kappa shape index (κ3) is 5.27. The molecule has 0 saturated heterocycles. The third-order valence-corrected chi connectivity index (χ3v) is 3.35. The van der Waals surface area contributed by atoms with Gasteiger partial charge in [0.25, 0.3) is 0 Å². The largest absolute Gasteiger partial charge is 0.479 e. The van der Waals surface area contributed by atoms with Crippen LogP contribution in [0.5, 0.6) is 11.5 Å². The monoisotopic (exact) mass is 334 g/mol. The summed E-state index contributed by atoms with van der Waals surface area (Å²) in [5.41, 5.74) is 0.689. The highest BCUT2D eigenvalue weighted by molar-refractivity contribution is 6.30. The van der Waals surface area contributed by atoms with Crippen molar-refractivity contribution in [2.75, 3.05) is 0 Å². The van der Waals surface area contributed by atoms with Crippen LogP contribution in [-0.2, 0) is 16.0 Å². The van der Waals surface area contributed by atoms with Crippen molar-refractivity contribution in [2.45, 2.75) is 32.5 Å². The first-order valence-electron chi connectivity index (χ1n) is 7.35. The SMILES string of the molecule is CC(C)O[C@H](Cc1cc(Cl)ccc1Oc1ccccc1)C(=O)O. The third-order valence-electron chi connectivity index (χ3n) is 3.11. The topological polar surface area (TPSA) is 55.8 Å². The fourth-order valence-corrected chi connectivity index (χ4v) is 2.34. The van der Waals surface area contributed by atoms with Crippen LogP contribution in [0.2, 0.25) is 5.02 Å². The maximum absolute atomic E-state index is 11.4. The van der Waals surface area contributed by atoms with E-state index >= 15 is 0 Å². The van der Waals surface area contributed by atoms with Crippen LogP contribution in [-0.4, -0.2) is 23.3 Å². The maximum atomic E-state index is 11.4. The Balaban J connectivity index is 2.25. The zero-order valence-corrected chi connectivity index (χ0v) is 13.8. The van der Waals surface area contributed by atoms with Crippen LogP contribution < -0.4 is 4.74 Å². The van der Waals surface area contributed by atoms with Crippen LogP contribution in [0.15, 0.2) is 48.5 Å². The van der Waals surface area contributed by atoms with Gasteiger partial charge in [0.1, 0.15) is 11.5 Å². The van der Waals surface area contributed by atoms with Crippen molar-refractivity contribution >= 4 is 17.6 Å². The number of ether oxygens (including phenoxy) is 2. The summed E-state index contributed by atoms with van der Waals surface area (Å²) < 4.78 is 11.3. The van der Waals surface area contributed by atoms with E-state index in [0.717, 1.165) is 0 Å². The van der Waals surface area contributed by atoms with Gasteiger partial charge in [-0.3, -0.25) is 0 Å². The lowest BCUT2D eigenvalue weighted by Gasteiger charge is -2.18. The van der Waals surface area contributed by atoms with E-state index in [1.165, 1.54) is 0 Å². The van der Waals surface area contributed by atoms with Crippen molar-refractivity contribution in [3.63, 3.8) is 0 Å². The predicted octanol–water partition coefficient (Wildman–Crippen LogP) is 4.55. The minimum absolute atomic E-state index is 0.177. The van der Waals surface area contributed by atoms with Crippen LogP contribution in [0.4, 0.5) is 0 Å². The summed E-state index contributed by atoms with van der Waals surface area (Å²) in [4.78, 5) is 11.4. The molecule has 0 aliphatic rings. The van der Waals surface area contributed by atoms with E-state index < -0.39 is 12.1 Å². The van der Waals surface area contributed by atoms with E-state index in [1.807, 2.05) is 30.3 Å². The highest BCUT2D eigenvalue weighted by Gasteiger charge is 2.22. The van der Waals surface area contributed by atoms with E-state index in [1.54, 1.807) is 32.0 Å². The van der Waals surface area contributed by atoms with Crippen LogP contribution >= 0.6 is 11.6 Å². The number of carboxylic acids is 1. The van der Waals surface area contributed by atoms with Crippen molar-refractivity contribution < 1.29 is 19.4 Å². The number of rotatable bonds is 7. The highest BCUT2D eigenvalue weighted by atomic mass is 35.5. The molecular formula is C18H19ClO4. The Morgan fingerprint density at radius 1 is 1.17 bits per heavy atom. The van der Waals surface area contributed by atoms with E-state index in [2.05, 4.69) is 0 Å². The van der Waals surface area contributed by atoms with E-state index in [-0.39, 0.29) is 12.5 Å². The van der Waals surface area contributed by atoms with E-state index in [9.17, 15) is 9.90 Å². The first-order valence-corrected chi connectivity index (χ1v) is 7.73. The standard InChI is InChI=1S/C18H19ClO4/c1-12(2)22-17(18(20)21)11-13-10-14(19)8-9-16(13)23-15-6-4-3-5-7-15/h3-10,12,17H,11H2,1-2H3,(H,20,21)/t17-/m1/s1. The lowest BCUT2D eigenvalue weighted by molar-refractivity contribution is -0.153. The fourth-order valence-electron chi connectivity index (χ4n) is 2.14. The molecule has 4 nitrogen and oxygen atoms in total. The fraction of sp³-hybridized carbons (Fsp3) is 0.278. The Morgan fingerprint density at radius 2 is 1.87 bits per heavy atom. The summed E-state index contributed by atoms with van der Waals surface area (Å²) in [5.74, 6) is 0.233. The molecule has 0 aromatic heterocycles. The van der Waals surface area contributed by atoms with Crippen molar-refractivity contribution in [1.29, 1.82) is 0 Å². The molecule has 0 unspecified atom stereocenters. The van der Waals surface area contributed by atoms with Gasteiger partial charge in [0.05, 0.1) is 6.10 Å². The van der Waals surface area contributed by atoms with Crippen molar-refractivity contribution in [2.24, 2.45) is 0 Å². The maximum Gasteiger partial charge on any atom is 0.333 e. The van der Waals surface area contributed by atoms with Gasteiger partial charge >= 0.3 is 5.97 Å². The Bertz CT molecular complexity index is 655. The van der Waals surface area contributed by atoms with Gasteiger partial charge < -0.3 is 14.6 Å². The molecule has 0 bridgehead atoms. The highest BCUT2D eigenvalue weighted by Crippen LogP contribution is 2.29. The molecule has 2 aromatic carbocycles. The van der Waals surface area contributed by atoms with Crippen LogP contribution in [0, 0.1) is 0 Å². The second kappa shape index (κ2) is 7.99. The quantitative estimate of drug-likeness (QED) is 0.806. The molecule has 0 aliphatic carbocycles. The summed E-state index contributed by atoms with van der Waals surface area (Å²) in [6.45, 7) is 3.60. The van der Waals surface area contributed by atoms with Gasteiger partial charge in [-0.1, -0.05) is 29.8 Å². The molecule has 2 aromatic rings. The molecule has 0 spiro atoms. The number of benzene rings is 2. The molecule has 0 heterocycles. The molecule has 1 N–H and O–H groups in total. The predicted molar refractivity (Wildman–Crippen MR) is 89.3 cm³/mol. The minimum atomic E-state index is -1.01. The van der Waals surface area contributed by atoms with Gasteiger partial charge in [-0.25, -0.2) is 4.79 Å². The normalized spacial score (nSPS) is 12.2. The van der Waals surface area contributed by atoms with Crippen LogP contribution in [0.1, 0.15) is 19.4 Å². The molecule has 23 heavy (non-hydrogen) atoms. The van der Waals surface area contributed by atoms with Crippen LogP contribution in [0.25, 0.3) is 0 Å². The molecule has 0 radical (unpaired) electrons. The number of halogens is 1. The van der Waals surface area contributed by atoms with Gasteiger partial charge in [0, 0.05) is 11.4 Å². The second-order valence-corrected chi connectivity index (χ2v) is 5.82. The van der Waals surface area contributed by atoms with Crippen LogP contribution in [0.3, 0.4) is 0 Å². The summed E-state index contributed by atoms with van der Waals surface area (Å²) in [7, 11) is 0. The molecule has 0 saturated carbocycles. The van der Waals surface area contributed by atoms with Gasteiger partial charge in [-0.2, -0.15) is 0 Å². The van der Waals surface area contributed by atoms with Crippen molar-refractivity contribution in [3.8, 4) is 11.5 Å². The summed E-state index contributed by atoms with van der Waals surface area (Å²) in [6, 6.07) is 14.4. The summed E-state index contributed by atoms with van der Waals surface area (Å²) >= 11 is 6.04. The Kier molecular flexibility index (Phi) is 6.02. The first kappa shape index (κ1) is 17.3. The van der Waals surface area contributed by atoms with Gasteiger partial charge in [0.15, 0.2) is 6.10 Å². The van der Waals surface area contributed by atoms with Crippen molar-refractivity contribution in [1.82, 2.24) is 0 Å². The van der Waals surface area contributed by atoms with Gasteiger partial charge in [0.2, 0.25) is 0 Å². The molecule has 2 rings (SSSR count). The Morgan fingerprint density at radius 3 is 2.48 bits per heavy atom. The second-order valence-electron chi connectivity index (χ2n) is 5.38. The van der Waals surface area contributed by atoms with E-state index in [4.69, 9.17) is 21.1 Å². The number of carbonyl (C=O) groups is 1. The Hall–Kier alpha value is -2.04. The summed E-state index contributed by atoms with van der Waals surface area (Å²) in [6.07, 6.45) is -0.962. The number of aliphatic carboxylic acids is 1. The Labute approximate surface area is 140 Å². The van der Waals surface area contributed by atoms with E-state index in [0.29, 0.717) is 22.1 Å². The summed E-state index contributed by atoms with van der Waals surface area (Å²) in [5, 5.41) is 9.86. The first-order chi connectivity index (χ1) is 11.0. The number of para-hydroxylation sites is 1. The molecule has 1 atom stereocenters. The smallest absolute Gasteiger partial charge is 0.333 e. The van der Waals surface area contributed by atoms with Gasteiger partial charge in [-0.15, -0.1) is 0 Å². The number of carboxylic acid groups (broad SMARTS) is 1. The number of hydrogen-bond acceptors (Lipinski definition) is 3. The molecular weight excluding hydrogens is 316 g/mol. The lowest BCUT2D eigenvalue weighted by atomic mass is 10.1. The zero-order valence-electron chi connectivity index (χ0n) is 13.0. The van der Waals surface area contributed by atoms with Crippen molar-refractivity contribution in [3.05, 3.63) is 59.1 Å². The molecule has 0 fully saturated rings. The minimum Gasteiger partial charge on any atom is -0.479 e.